The second kappa shape index (κ2) is 2.81. The summed E-state index contributed by atoms with van der Waals surface area (Å²) < 4.78 is 6.11. The van der Waals surface area contributed by atoms with Gasteiger partial charge in [0.15, 0.2) is 5.78 Å². The zero-order valence-electron chi connectivity index (χ0n) is 10.5. The number of hydrogen-bond acceptors (Lipinski definition) is 3. The van der Waals surface area contributed by atoms with Crippen molar-refractivity contribution in [1.82, 2.24) is 0 Å². The van der Waals surface area contributed by atoms with Crippen LogP contribution in [0.3, 0.4) is 0 Å². The molecule has 0 radical (unpaired) electrons. The molecule has 0 aromatic rings. The maximum absolute atomic E-state index is 11.4. The number of rotatable bonds is 1. The molecular formula is C14H17NO2. The lowest BCUT2D eigenvalue weighted by atomic mass is 9.65. The van der Waals surface area contributed by atoms with Gasteiger partial charge >= 0.3 is 0 Å². The Labute approximate surface area is 101 Å². The monoisotopic (exact) mass is 231 g/mol. The number of ether oxygens (including phenoxy) is 1. The van der Waals surface area contributed by atoms with E-state index < -0.39 is 5.41 Å². The van der Waals surface area contributed by atoms with Crippen LogP contribution in [0.2, 0.25) is 0 Å². The Bertz CT molecular complexity index is 485. The molecule has 4 unspecified atom stereocenters. The van der Waals surface area contributed by atoms with E-state index in [-0.39, 0.29) is 22.9 Å². The first kappa shape index (κ1) is 11.0. The van der Waals surface area contributed by atoms with Gasteiger partial charge in [-0.2, -0.15) is 5.26 Å². The standard InChI is InChI=1S/C14H17NO2/c1-9(16)4-10-11-12(2)5-13(3,17-11)7-14(10,6-12)8-15/h4,11H,5-7H2,1-3H3. The highest BCUT2D eigenvalue weighted by atomic mass is 16.5. The number of carbonyl (C=O) groups excluding carboxylic acids is 1. The van der Waals surface area contributed by atoms with Crippen molar-refractivity contribution in [2.24, 2.45) is 10.8 Å². The predicted octanol–water partition coefficient (Wildman–Crippen LogP) is 2.37. The molecule has 90 valence electrons. The second-order valence-electron chi connectivity index (χ2n) is 6.54. The normalized spacial score (nSPS) is 53.1. The summed E-state index contributed by atoms with van der Waals surface area (Å²) in [6.07, 6.45) is 4.20. The molecule has 2 saturated carbocycles. The second-order valence-corrected chi connectivity index (χ2v) is 6.54. The fourth-order valence-electron chi connectivity index (χ4n) is 4.54. The third kappa shape index (κ3) is 1.22. The molecule has 4 fully saturated rings. The zero-order valence-corrected chi connectivity index (χ0v) is 10.5. The van der Waals surface area contributed by atoms with Gasteiger partial charge in [0.25, 0.3) is 0 Å². The van der Waals surface area contributed by atoms with Crippen molar-refractivity contribution in [3.8, 4) is 6.07 Å². The minimum absolute atomic E-state index is 0.0166. The van der Waals surface area contributed by atoms with Gasteiger partial charge < -0.3 is 4.74 Å². The highest BCUT2D eigenvalue weighted by molar-refractivity contribution is 5.88. The summed E-state index contributed by atoms with van der Waals surface area (Å²) in [5.74, 6) is 0.0166. The van der Waals surface area contributed by atoms with Crippen molar-refractivity contribution < 1.29 is 9.53 Å². The molecule has 4 rings (SSSR count). The number of ketones is 1. The van der Waals surface area contributed by atoms with Crippen LogP contribution < -0.4 is 0 Å². The first-order chi connectivity index (χ1) is 7.83. The smallest absolute Gasteiger partial charge is 0.152 e. The molecular weight excluding hydrogens is 214 g/mol. The van der Waals surface area contributed by atoms with Gasteiger partial charge in [0.2, 0.25) is 0 Å². The number of nitriles is 1. The Kier molecular flexibility index (Phi) is 1.82. The van der Waals surface area contributed by atoms with E-state index >= 15 is 0 Å². The molecule has 0 amide bonds. The molecule has 3 nitrogen and oxygen atoms in total. The van der Waals surface area contributed by atoms with E-state index in [9.17, 15) is 10.1 Å². The minimum Gasteiger partial charge on any atom is -0.367 e. The highest BCUT2D eigenvalue weighted by Gasteiger charge is 2.70. The fraction of sp³-hybridized carbons (Fsp3) is 0.714. The maximum Gasteiger partial charge on any atom is 0.152 e. The van der Waals surface area contributed by atoms with Gasteiger partial charge in [-0.3, -0.25) is 4.79 Å². The quantitative estimate of drug-likeness (QED) is 0.651. The van der Waals surface area contributed by atoms with Crippen LogP contribution in [0.15, 0.2) is 11.6 Å². The zero-order chi connectivity index (χ0) is 12.5. The molecule has 17 heavy (non-hydrogen) atoms. The molecule has 0 N–H and O–H groups in total. The lowest BCUT2D eigenvalue weighted by Gasteiger charge is -2.41. The van der Waals surface area contributed by atoms with Gasteiger partial charge in [-0.15, -0.1) is 0 Å². The average molecular weight is 231 g/mol. The summed E-state index contributed by atoms with van der Waals surface area (Å²) in [5.41, 5.74) is 0.368. The Morgan fingerprint density at radius 1 is 1.47 bits per heavy atom. The van der Waals surface area contributed by atoms with E-state index in [2.05, 4.69) is 19.9 Å². The molecule has 4 atom stereocenters. The maximum atomic E-state index is 11.4. The third-order valence-electron chi connectivity index (χ3n) is 4.60. The van der Waals surface area contributed by atoms with Crippen molar-refractivity contribution in [2.75, 3.05) is 0 Å². The number of carbonyl (C=O) groups is 1. The van der Waals surface area contributed by atoms with Crippen molar-refractivity contribution in [3.63, 3.8) is 0 Å². The van der Waals surface area contributed by atoms with Crippen LogP contribution in [-0.2, 0) is 9.53 Å². The Balaban J connectivity index is 2.16. The third-order valence-corrected chi connectivity index (χ3v) is 4.60. The van der Waals surface area contributed by atoms with E-state index in [0.29, 0.717) is 0 Å². The van der Waals surface area contributed by atoms with Crippen LogP contribution in [0, 0.1) is 22.2 Å². The number of nitrogens with zero attached hydrogens (tertiary/aromatic N) is 1. The summed E-state index contributed by atoms with van der Waals surface area (Å²) in [6.45, 7) is 5.83. The molecule has 4 bridgehead atoms. The SMILES string of the molecule is CC(=O)C=C1C2OC3(C)CC1(C#N)CC2(C)C3. The van der Waals surface area contributed by atoms with Crippen LogP contribution in [0.25, 0.3) is 0 Å². The lowest BCUT2D eigenvalue weighted by molar-refractivity contribution is -0.113. The van der Waals surface area contributed by atoms with Gasteiger partial charge in [-0.05, 0) is 44.8 Å². The summed E-state index contributed by atoms with van der Waals surface area (Å²) in [6, 6.07) is 2.47. The van der Waals surface area contributed by atoms with Gasteiger partial charge in [0.05, 0.1) is 23.2 Å². The van der Waals surface area contributed by atoms with E-state index in [1.807, 2.05) is 0 Å². The molecule has 0 aromatic carbocycles. The summed E-state index contributed by atoms with van der Waals surface area (Å²) in [5, 5.41) is 9.56. The predicted molar refractivity (Wildman–Crippen MR) is 62.0 cm³/mol. The summed E-state index contributed by atoms with van der Waals surface area (Å²) >= 11 is 0. The molecule has 2 heterocycles. The molecule has 2 aliphatic carbocycles. The van der Waals surface area contributed by atoms with E-state index in [0.717, 1.165) is 24.8 Å². The van der Waals surface area contributed by atoms with Gasteiger partial charge in [0, 0.05) is 5.41 Å². The van der Waals surface area contributed by atoms with Crippen LogP contribution in [-0.4, -0.2) is 17.5 Å². The fourth-order valence-corrected chi connectivity index (χ4v) is 4.54. The first-order valence-electron chi connectivity index (χ1n) is 6.14. The lowest BCUT2D eigenvalue weighted by Crippen LogP contribution is -2.41. The Morgan fingerprint density at radius 3 is 2.76 bits per heavy atom. The molecule has 0 aromatic heterocycles. The Hall–Kier alpha value is -1.14. The number of allylic oxidation sites excluding steroid dienone is 1. The first-order valence-corrected chi connectivity index (χ1v) is 6.14. The molecule has 2 saturated heterocycles. The van der Waals surface area contributed by atoms with Crippen LogP contribution >= 0.6 is 0 Å². The molecule has 2 aliphatic heterocycles. The molecule has 0 spiro atoms. The average Bonchev–Trinajstić information content (AvgIpc) is 2.47. The largest absolute Gasteiger partial charge is 0.367 e. The van der Waals surface area contributed by atoms with Gasteiger partial charge in [-0.1, -0.05) is 6.92 Å². The van der Waals surface area contributed by atoms with E-state index in [1.54, 1.807) is 13.0 Å². The van der Waals surface area contributed by atoms with Crippen LogP contribution in [0.1, 0.15) is 40.0 Å². The van der Waals surface area contributed by atoms with Gasteiger partial charge in [-0.25, -0.2) is 0 Å². The van der Waals surface area contributed by atoms with Crippen molar-refractivity contribution in [2.45, 2.75) is 51.7 Å². The van der Waals surface area contributed by atoms with Crippen molar-refractivity contribution in [1.29, 1.82) is 5.26 Å². The van der Waals surface area contributed by atoms with Crippen LogP contribution in [0.4, 0.5) is 0 Å². The van der Waals surface area contributed by atoms with Crippen molar-refractivity contribution >= 4 is 5.78 Å². The topological polar surface area (TPSA) is 50.1 Å². The highest BCUT2D eigenvalue weighted by Crippen LogP contribution is 2.70. The molecule has 4 aliphatic rings. The van der Waals surface area contributed by atoms with Crippen LogP contribution in [0.5, 0.6) is 0 Å². The molecule has 3 heteroatoms. The van der Waals surface area contributed by atoms with Crippen molar-refractivity contribution in [3.05, 3.63) is 11.6 Å². The van der Waals surface area contributed by atoms with E-state index in [1.165, 1.54) is 0 Å². The minimum atomic E-state index is -0.448. The van der Waals surface area contributed by atoms with E-state index in [4.69, 9.17) is 4.74 Å². The van der Waals surface area contributed by atoms with Gasteiger partial charge in [0.1, 0.15) is 0 Å². The summed E-state index contributed by atoms with van der Waals surface area (Å²) in [7, 11) is 0. The summed E-state index contributed by atoms with van der Waals surface area (Å²) in [4.78, 5) is 11.4. The number of hydrogen-bond donors (Lipinski definition) is 0. The Morgan fingerprint density at radius 2 is 2.18 bits per heavy atom.